The summed E-state index contributed by atoms with van der Waals surface area (Å²) in [4.78, 5) is 12.2. The number of aliphatic hydroxyl groups is 1. The zero-order valence-electron chi connectivity index (χ0n) is 12.1. The van der Waals surface area contributed by atoms with Crippen LogP contribution in [0.25, 0.3) is 0 Å². The van der Waals surface area contributed by atoms with Crippen LogP contribution in [0.5, 0.6) is 0 Å². The first-order valence-corrected chi connectivity index (χ1v) is 7.21. The van der Waals surface area contributed by atoms with Crippen molar-refractivity contribution in [3.63, 3.8) is 0 Å². The summed E-state index contributed by atoms with van der Waals surface area (Å²) in [6.45, 7) is 2.81. The van der Waals surface area contributed by atoms with Crippen LogP contribution in [0.1, 0.15) is 17.8 Å². The second-order valence-electron chi connectivity index (χ2n) is 5.08. The van der Waals surface area contributed by atoms with Crippen molar-refractivity contribution in [3.05, 3.63) is 27.6 Å². The lowest BCUT2D eigenvalue weighted by Gasteiger charge is -2.31. The zero-order valence-corrected chi connectivity index (χ0v) is 13.7. The van der Waals surface area contributed by atoms with Crippen LogP contribution in [0.3, 0.4) is 0 Å². The summed E-state index contributed by atoms with van der Waals surface area (Å²) in [5.74, 6) is -1.03. The molecule has 1 saturated heterocycles. The topological polar surface area (TPSA) is 70.4 Å². The van der Waals surface area contributed by atoms with Crippen LogP contribution in [-0.4, -0.2) is 38.0 Å². The molecule has 0 aliphatic carbocycles. The summed E-state index contributed by atoms with van der Waals surface area (Å²) in [5.41, 5.74) is -0.974. The molecule has 1 amide bonds. The van der Waals surface area contributed by atoms with E-state index in [4.69, 9.17) is 0 Å². The van der Waals surface area contributed by atoms with Gasteiger partial charge < -0.3 is 5.11 Å². The molecule has 1 unspecified atom stereocenters. The average molecular weight is 401 g/mol. The van der Waals surface area contributed by atoms with E-state index in [0.717, 1.165) is 0 Å². The molecule has 0 radical (unpaired) electrons. The summed E-state index contributed by atoms with van der Waals surface area (Å²) in [5, 5.41) is 14.1. The van der Waals surface area contributed by atoms with Crippen molar-refractivity contribution >= 4 is 21.8 Å². The molecule has 0 spiro atoms. The Bertz CT molecular complexity index is 674. The lowest BCUT2D eigenvalue weighted by Crippen LogP contribution is -2.56. The highest BCUT2D eigenvalue weighted by Crippen LogP contribution is 2.34. The smallest absolute Gasteiger partial charge is 0.291 e. The number of hydrogen-bond acceptors (Lipinski definition) is 4. The average Bonchev–Trinajstić information content (AvgIpc) is 2.94. The van der Waals surface area contributed by atoms with E-state index in [9.17, 15) is 27.5 Å². The number of amides is 1. The fourth-order valence-electron chi connectivity index (χ4n) is 2.20. The Labute approximate surface area is 136 Å². The molecule has 0 aromatic carbocycles. The van der Waals surface area contributed by atoms with E-state index in [0.29, 0.717) is 15.9 Å². The fraction of sp³-hybridized carbons (Fsp3) is 0.500. The van der Waals surface area contributed by atoms with E-state index in [1.165, 1.54) is 4.68 Å². The van der Waals surface area contributed by atoms with Gasteiger partial charge in [-0.2, -0.15) is 13.9 Å². The number of nitrogens with zero attached hydrogens (tertiary/aromatic N) is 3. The SMILES string of the molecule is Cc1nn(CC(=O)N2NC(=C(F)F)CC2(O)C(F)F)c(C)c1Br. The highest BCUT2D eigenvalue weighted by atomic mass is 79.9. The van der Waals surface area contributed by atoms with Gasteiger partial charge in [0.05, 0.1) is 22.3 Å². The molecule has 1 aromatic rings. The van der Waals surface area contributed by atoms with Gasteiger partial charge in [0.1, 0.15) is 12.2 Å². The van der Waals surface area contributed by atoms with Gasteiger partial charge in [-0.1, -0.05) is 0 Å². The maximum Gasteiger partial charge on any atom is 0.291 e. The Morgan fingerprint density at radius 1 is 1.48 bits per heavy atom. The van der Waals surface area contributed by atoms with Gasteiger partial charge >= 0.3 is 0 Å². The summed E-state index contributed by atoms with van der Waals surface area (Å²) in [6.07, 6.45) is -6.78. The highest BCUT2D eigenvalue weighted by molar-refractivity contribution is 9.10. The largest absolute Gasteiger partial charge is 0.364 e. The van der Waals surface area contributed by atoms with Crippen LogP contribution in [0.15, 0.2) is 16.3 Å². The molecule has 1 aromatic heterocycles. The molecule has 1 fully saturated rings. The van der Waals surface area contributed by atoms with Gasteiger partial charge in [-0.15, -0.1) is 0 Å². The van der Waals surface area contributed by atoms with Crippen LogP contribution in [0, 0.1) is 13.8 Å². The molecule has 23 heavy (non-hydrogen) atoms. The number of aromatic nitrogens is 2. The Morgan fingerprint density at radius 3 is 2.52 bits per heavy atom. The zero-order chi connectivity index (χ0) is 17.5. The molecule has 2 heterocycles. The van der Waals surface area contributed by atoms with Gasteiger partial charge in [0.15, 0.2) is 0 Å². The molecule has 2 rings (SSSR count). The van der Waals surface area contributed by atoms with Crippen molar-refractivity contribution in [2.24, 2.45) is 0 Å². The Morgan fingerprint density at radius 2 is 2.09 bits per heavy atom. The van der Waals surface area contributed by atoms with E-state index in [1.54, 1.807) is 13.8 Å². The number of hydrogen-bond donors (Lipinski definition) is 2. The molecule has 1 aliphatic rings. The third-order valence-corrected chi connectivity index (χ3v) is 4.62. The van der Waals surface area contributed by atoms with Crippen LogP contribution < -0.4 is 5.43 Å². The quantitative estimate of drug-likeness (QED) is 0.761. The van der Waals surface area contributed by atoms with Gasteiger partial charge in [-0.25, -0.2) is 13.8 Å². The molecule has 1 aliphatic heterocycles. The second-order valence-corrected chi connectivity index (χ2v) is 5.87. The first-order valence-electron chi connectivity index (χ1n) is 6.41. The number of carbonyl (C=O) groups excluding carboxylic acids is 1. The molecule has 11 heteroatoms. The number of carbonyl (C=O) groups is 1. The summed E-state index contributed by atoms with van der Waals surface area (Å²) < 4.78 is 53.3. The third kappa shape index (κ3) is 3.07. The monoisotopic (exact) mass is 400 g/mol. The maximum atomic E-state index is 13.1. The van der Waals surface area contributed by atoms with Crippen molar-refractivity contribution in [1.82, 2.24) is 20.2 Å². The molecule has 0 bridgehead atoms. The minimum atomic E-state index is -3.43. The summed E-state index contributed by atoms with van der Waals surface area (Å²) >= 11 is 3.25. The van der Waals surface area contributed by atoms with Crippen molar-refractivity contribution < 1.29 is 27.5 Å². The van der Waals surface area contributed by atoms with E-state index >= 15 is 0 Å². The number of rotatable bonds is 3. The van der Waals surface area contributed by atoms with E-state index in [-0.39, 0.29) is 5.01 Å². The van der Waals surface area contributed by atoms with Crippen molar-refractivity contribution in [2.75, 3.05) is 0 Å². The Hall–Kier alpha value is -1.62. The van der Waals surface area contributed by atoms with Gasteiger partial charge in [-0.3, -0.25) is 14.9 Å². The van der Waals surface area contributed by atoms with Gasteiger partial charge in [0.2, 0.25) is 5.72 Å². The summed E-state index contributed by atoms with van der Waals surface area (Å²) in [6, 6.07) is 0. The van der Waals surface area contributed by atoms with Crippen molar-refractivity contribution in [2.45, 2.75) is 39.0 Å². The van der Waals surface area contributed by atoms with Crippen molar-refractivity contribution in [1.29, 1.82) is 0 Å². The number of halogens is 5. The Kier molecular flexibility index (Phi) is 4.71. The molecule has 1 atom stereocenters. The van der Waals surface area contributed by atoms with E-state index < -0.39 is 42.8 Å². The predicted octanol–water partition coefficient (Wildman–Crippen LogP) is 2.06. The molecule has 6 nitrogen and oxygen atoms in total. The predicted molar refractivity (Wildman–Crippen MR) is 74.2 cm³/mol. The van der Waals surface area contributed by atoms with Crippen LogP contribution >= 0.6 is 15.9 Å². The van der Waals surface area contributed by atoms with Crippen LogP contribution in [0.2, 0.25) is 0 Å². The molecule has 2 N–H and O–H groups in total. The first kappa shape index (κ1) is 17.7. The summed E-state index contributed by atoms with van der Waals surface area (Å²) in [7, 11) is 0. The minimum Gasteiger partial charge on any atom is -0.364 e. The number of aryl methyl sites for hydroxylation is 1. The second kappa shape index (κ2) is 6.11. The lowest BCUT2D eigenvalue weighted by atomic mass is 10.1. The van der Waals surface area contributed by atoms with Gasteiger partial charge in [0, 0.05) is 0 Å². The normalized spacial score (nSPS) is 21.1. The fourth-order valence-corrected chi connectivity index (χ4v) is 2.48. The Balaban J connectivity index is 2.29. The maximum absolute atomic E-state index is 13.1. The molecular weight excluding hydrogens is 388 g/mol. The van der Waals surface area contributed by atoms with Crippen LogP contribution in [-0.2, 0) is 11.3 Å². The highest BCUT2D eigenvalue weighted by Gasteiger charge is 2.53. The first-order chi connectivity index (χ1) is 10.6. The number of hydrazine groups is 1. The van der Waals surface area contributed by atoms with Gasteiger partial charge in [-0.05, 0) is 29.8 Å². The van der Waals surface area contributed by atoms with Gasteiger partial charge in [0.25, 0.3) is 18.4 Å². The standard InChI is InChI=1S/C12H13BrF4N4O2/c1-5-9(13)6(2)20(18-5)4-8(22)21-12(23,11(16)17)3-7(19-21)10(14)15/h11,19,23H,3-4H2,1-2H3. The molecule has 0 saturated carbocycles. The van der Waals surface area contributed by atoms with E-state index in [1.807, 2.05) is 5.43 Å². The molecular formula is C12H13BrF4N4O2. The van der Waals surface area contributed by atoms with Crippen LogP contribution in [0.4, 0.5) is 17.6 Å². The number of alkyl halides is 2. The molecule has 128 valence electrons. The third-order valence-electron chi connectivity index (χ3n) is 3.48. The van der Waals surface area contributed by atoms with Crippen molar-refractivity contribution in [3.8, 4) is 0 Å². The lowest BCUT2D eigenvalue weighted by molar-refractivity contribution is -0.196. The minimum absolute atomic E-state index is 0.135. The number of nitrogens with one attached hydrogen (secondary N) is 1. The van der Waals surface area contributed by atoms with E-state index in [2.05, 4.69) is 21.0 Å².